The molecule has 2 aromatic rings. The van der Waals surface area contributed by atoms with Crippen LogP contribution < -0.4 is 5.32 Å². The van der Waals surface area contributed by atoms with Crippen molar-refractivity contribution < 1.29 is 9.18 Å². The Balaban J connectivity index is 2.08. The molecule has 0 fully saturated rings. The maximum atomic E-state index is 13.5. The molecule has 0 aliphatic carbocycles. The standard InChI is InChI=1S/C11H10ClFN4O/c1-17-6-14-11(16-17)15-10(18)5-7-8(12)3-2-4-9(7)13/h2-4,6H,5H2,1H3,(H,15,16,18). The van der Waals surface area contributed by atoms with Crippen LogP contribution in [0.5, 0.6) is 0 Å². The molecule has 0 atom stereocenters. The van der Waals surface area contributed by atoms with Gasteiger partial charge in [0, 0.05) is 17.6 Å². The number of anilines is 1. The third kappa shape index (κ3) is 2.84. The summed E-state index contributed by atoms with van der Waals surface area (Å²) in [5.41, 5.74) is 0.160. The zero-order valence-corrected chi connectivity index (χ0v) is 10.3. The molecule has 1 N–H and O–H groups in total. The molecule has 0 saturated carbocycles. The molecule has 1 aromatic carbocycles. The Morgan fingerprint density at radius 2 is 2.33 bits per heavy atom. The third-order valence-corrected chi connectivity index (χ3v) is 2.60. The van der Waals surface area contributed by atoms with Crippen LogP contribution in [0, 0.1) is 5.82 Å². The molecule has 0 aliphatic heterocycles. The van der Waals surface area contributed by atoms with Crippen molar-refractivity contribution in [1.29, 1.82) is 0 Å². The predicted molar refractivity (Wildman–Crippen MR) is 64.7 cm³/mol. The first-order valence-electron chi connectivity index (χ1n) is 5.14. The fourth-order valence-corrected chi connectivity index (χ4v) is 1.66. The second kappa shape index (κ2) is 5.14. The number of carbonyl (C=O) groups is 1. The lowest BCUT2D eigenvalue weighted by atomic mass is 10.1. The largest absolute Gasteiger partial charge is 0.293 e. The van der Waals surface area contributed by atoms with E-state index < -0.39 is 11.7 Å². The highest BCUT2D eigenvalue weighted by molar-refractivity contribution is 6.31. The van der Waals surface area contributed by atoms with Crippen molar-refractivity contribution in [3.05, 3.63) is 40.9 Å². The number of benzene rings is 1. The number of carbonyl (C=O) groups excluding carboxylic acids is 1. The van der Waals surface area contributed by atoms with Crippen molar-refractivity contribution >= 4 is 23.5 Å². The van der Waals surface area contributed by atoms with E-state index in [0.717, 1.165) is 0 Å². The molecule has 94 valence electrons. The Bertz CT molecular complexity index is 564. The number of hydrogen-bond donors (Lipinski definition) is 1. The molecule has 0 unspecified atom stereocenters. The first-order valence-corrected chi connectivity index (χ1v) is 5.52. The molecule has 18 heavy (non-hydrogen) atoms. The van der Waals surface area contributed by atoms with Crippen LogP contribution in [-0.2, 0) is 18.3 Å². The van der Waals surface area contributed by atoms with Crippen molar-refractivity contribution in [2.75, 3.05) is 5.32 Å². The van der Waals surface area contributed by atoms with Crippen molar-refractivity contribution in [2.45, 2.75) is 6.42 Å². The summed E-state index contributed by atoms with van der Waals surface area (Å²) in [5, 5.41) is 6.56. The summed E-state index contributed by atoms with van der Waals surface area (Å²) < 4.78 is 14.9. The van der Waals surface area contributed by atoms with Gasteiger partial charge in [-0.3, -0.25) is 14.8 Å². The topological polar surface area (TPSA) is 59.8 Å². The molecule has 5 nitrogen and oxygen atoms in total. The van der Waals surface area contributed by atoms with E-state index in [1.165, 1.54) is 29.2 Å². The van der Waals surface area contributed by atoms with E-state index in [2.05, 4.69) is 15.4 Å². The van der Waals surface area contributed by atoms with Crippen molar-refractivity contribution in [2.24, 2.45) is 7.05 Å². The lowest BCUT2D eigenvalue weighted by Gasteiger charge is -2.05. The first-order chi connectivity index (χ1) is 8.56. The second-order valence-electron chi connectivity index (χ2n) is 3.67. The van der Waals surface area contributed by atoms with Gasteiger partial charge < -0.3 is 0 Å². The molecule has 2 rings (SSSR count). The summed E-state index contributed by atoms with van der Waals surface area (Å²) in [6.07, 6.45) is 1.29. The zero-order chi connectivity index (χ0) is 13.1. The molecule has 1 amide bonds. The first kappa shape index (κ1) is 12.5. The predicted octanol–water partition coefficient (Wildman–Crippen LogP) is 1.79. The van der Waals surface area contributed by atoms with E-state index in [1.54, 1.807) is 7.05 Å². The van der Waals surface area contributed by atoms with Crippen LogP contribution in [0.25, 0.3) is 0 Å². The van der Waals surface area contributed by atoms with E-state index in [4.69, 9.17) is 11.6 Å². The fraction of sp³-hybridized carbons (Fsp3) is 0.182. The van der Waals surface area contributed by atoms with E-state index in [-0.39, 0.29) is 23.0 Å². The van der Waals surface area contributed by atoms with Crippen LogP contribution in [0.2, 0.25) is 5.02 Å². The molecule has 1 aromatic heterocycles. The smallest absolute Gasteiger partial charge is 0.248 e. The van der Waals surface area contributed by atoms with Gasteiger partial charge in [0.25, 0.3) is 0 Å². The van der Waals surface area contributed by atoms with Crippen molar-refractivity contribution in [1.82, 2.24) is 14.8 Å². The summed E-state index contributed by atoms with van der Waals surface area (Å²) in [5.74, 6) is -0.755. The van der Waals surface area contributed by atoms with Gasteiger partial charge in [0.2, 0.25) is 11.9 Å². The van der Waals surface area contributed by atoms with Gasteiger partial charge in [0.1, 0.15) is 12.1 Å². The lowest BCUT2D eigenvalue weighted by molar-refractivity contribution is -0.115. The summed E-state index contributed by atoms with van der Waals surface area (Å²) in [7, 11) is 1.68. The lowest BCUT2D eigenvalue weighted by Crippen LogP contribution is -2.16. The Labute approximate surface area is 108 Å². The van der Waals surface area contributed by atoms with Crippen molar-refractivity contribution in [3.63, 3.8) is 0 Å². The van der Waals surface area contributed by atoms with Crippen LogP contribution in [0.15, 0.2) is 24.5 Å². The van der Waals surface area contributed by atoms with Gasteiger partial charge in [-0.15, -0.1) is 5.10 Å². The number of aryl methyl sites for hydroxylation is 1. The quantitative estimate of drug-likeness (QED) is 0.923. The van der Waals surface area contributed by atoms with Gasteiger partial charge in [-0.1, -0.05) is 17.7 Å². The minimum Gasteiger partial charge on any atom is -0.293 e. The Hall–Kier alpha value is -1.95. The summed E-state index contributed by atoms with van der Waals surface area (Å²) in [4.78, 5) is 15.5. The van der Waals surface area contributed by atoms with Crippen LogP contribution in [-0.4, -0.2) is 20.7 Å². The van der Waals surface area contributed by atoms with Gasteiger partial charge in [0.15, 0.2) is 0 Å². The maximum absolute atomic E-state index is 13.5. The van der Waals surface area contributed by atoms with Crippen LogP contribution in [0.3, 0.4) is 0 Å². The fourth-order valence-electron chi connectivity index (χ4n) is 1.43. The number of nitrogens with zero attached hydrogens (tertiary/aromatic N) is 3. The van der Waals surface area contributed by atoms with E-state index in [9.17, 15) is 9.18 Å². The van der Waals surface area contributed by atoms with E-state index in [0.29, 0.717) is 0 Å². The minimum absolute atomic E-state index is 0.160. The number of hydrogen-bond acceptors (Lipinski definition) is 3. The van der Waals surface area contributed by atoms with Crippen LogP contribution in [0.4, 0.5) is 10.3 Å². The van der Waals surface area contributed by atoms with Gasteiger partial charge in [-0.2, -0.15) is 0 Å². The van der Waals surface area contributed by atoms with Gasteiger partial charge in [0.05, 0.1) is 6.42 Å². The van der Waals surface area contributed by atoms with Crippen LogP contribution >= 0.6 is 11.6 Å². The van der Waals surface area contributed by atoms with Gasteiger partial charge in [-0.05, 0) is 12.1 Å². The number of rotatable bonds is 3. The number of nitrogens with one attached hydrogen (secondary N) is 1. The Morgan fingerprint density at radius 3 is 2.94 bits per heavy atom. The highest BCUT2D eigenvalue weighted by Gasteiger charge is 2.13. The summed E-state index contributed by atoms with van der Waals surface area (Å²) in [6, 6.07) is 4.28. The molecule has 0 spiro atoms. The van der Waals surface area contributed by atoms with E-state index >= 15 is 0 Å². The number of aromatic nitrogens is 3. The average molecular weight is 269 g/mol. The summed E-state index contributed by atoms with van der Waals surface area (Å²) >= 11 is 5.83. The van der Waals surface area contributed by atoms with Crippen molar-refractivity contribution in [3.8, 4) is 0 Å². The second-order valence-corrected chi connectivity index (χ2v) is 4.07. The third-order valence-electron chi connectivity index (χ3n) is 2.25. The van der Waals surface area contributed by atoms with Gasteiger partial charge in [-0.25, -0.2) is 9.37 Å². The molecule has 0 saturated heterocycles. The van der Waals surface area contributed by atoms with Gasteiger partial charge >= 0.3 is 0 Å². The number of amides is 1. The molecule has 1 heterocycles. The molecule has 7 heteroatoms. The summed E-state index contributed by atoms with van der Waals surface area (Å²) in [6.45, 7) is 0. The normalized spacial score (nSPS) is 10.4. The van der Waals surface area contributed by atoms with E-state index in [1.807, 2.05) is 0 Å². The monoisotopic (exact) mass is 268 g/mol. The Kier molecular flexibility index (Phi) is 3.57. The molecule has 0 radical (unpaired) electrons. The molecular weight excluding hydrogens is 259 g/mol. The molecule has 0 bridgehead atoms. The highest BCUT2D eigenvalue weighted by atomic mass is 35.5. The molecule has 0 aliphatic rings. The maximum Gasteiger partial charge on any atom is 0.248 e. The zero-order valence-electron chi connectivity index (χ0n) is 9.52. The average Bonchev–Trinajstić information content (AvgIpc) is 2.69. The highest BCUT2D eigenvalue weighted by Crippen LogP contribution is 2.19. The Morgan fingerprint density at radius 1 is 1.56 bits per heavy atom. The number of halogens is 2. The van der Waals surface area contributed by atoms with Crippen LogP contribution in [0.1, 0.15) is 5.56 Å². The SMILES string of the molecule is Cn1cnc(NC(=O)Cc2c(F)cccc2Cl)n1. The minimum atomic E-state index is -0.508. The molecular formula is C11H10ClFN4O.